The van der Waals surface area contributed by atoms with Crippen molar-refractivity contribution in [3.05, 3.63) is 34.4 Å². The van der Waals surface area contributed by atoms with Gasteiger partial charge < -0.3 is 11.1 Å². The minimum atomic E-state index is -0.491. The molecule has 2 fully saturated rings. The maximum atomic E-state index is 12.1. The number of amides is 1. The van der Waals surface area contributed by atoms with Gasteiger partial charge >= 0.3 is 0 Å². The van der Waals surface area contributed by atoms with E-state index in [0.717, 1.165) is 25.9 Å². The van der Waals surface area contributed by atoms with Crippen LogP contribution >= 0.6 is 0 Å². The summed E-state index contributed by atoms with van der Waals surface area (Å²) in [7, 11) is 0. The standard InChI is InChI=1S/C15H20N4O3/c16-12-6-5-10-7-18(8-11(10)12)9-15(20)17-13-3-1-2-4-14(13)19(21)22/h1-4,10-12H,5-9,16H2,(H,17,20). The van der Waals surface area contributed by atoms with Crippen molar-refractivity contribution in [2.75, 3.05) is 25.0 Å². The van der Waals surface area contributed by atoms with Gasteiger partial charge in [0.15, 0.2) is 0 Å². The van der Waals surface area contributed by atoms with Crippen LogP contribution in [0, 0.1) is 22.0 Å². The summed E-state index contributed by atoms with van der Waals surface area (Å²) in [6.45, 7) is 1.99. The highest BCUT2D eigenvalue weighted by molar-refractivity contribution is 5.94. The molecule has 7 nitrogen and oxygen atoms in total. The fourth-order valence-electron chi connectivity index (χ4n) is 3.66. The van der Waals surface area contributed by atoms with E-state index < -0.39 is 4.92 Å². The van der Waals surface area contributed by atoms with Crippen molar-refractivity contribution in [2.45, 2.75) is 18.9 Å². The second-order valence-corrected chi connectivity index (χ2v) is 6.18. The summed E-state index contributed by atoms with van der Waals surface area (Å²) in [5.41, 5.74) is 6.24. The second kappa shape index (κ2) is 6.02. The van der Waals surface area contributed by atoms with Crippen LogP contribution in [0.15, 0.2) is 24.3 Å². The van der Waals surface area contributed by atoms with Crippen molar-refractivity contribution in [3.8, 4) is 0 Å². The lowest BCUT2D eigenvalue weighted by molar-refractivity contribution is -0.383. The lowest BCUT2D eigenvalue weighted by Gasteiger charge is -2.17. The molecule has 1 heterocycles. The summed E-state index contributed by atoms with van der Waals surface area (Å²) in [5, 5.41) is 13.6. The molecule has 1 saturated carbocycles. The van der Waals surface area contributed by atoms with Gasteiger partial charge in [0.05, 0.1) is 11.5 Å². The number of nitro benzene ring substituents is 1. The van der Waals surface area contributed by atoms with E-state index in [1.54, 1.807) is 18.2 Å². The zero-order chi connectivity index (χ0) is 15.7. The summed E-state index contributed by atoms with van der Waals surface area (Å²) >= 11 is 0. The second-order valence-electron chi connectivity index (χ2n) is 6.18. The van der Waals surface area contributed by atoms with Gasteiger partial charge in [-0.15, -0.1) is 0 Å². The van der Waals surface area contributed by atoms with Gasteiger partial charge in [-0.05, 0) is 30.7 Å². The van der Waals surface area contributed by atoms with Gasteiger partial charge in [0.25, 0.3) is 5.69 Å². The lowest BCUT2D eigenvalue weighted by Crippen LogP contribution is -2.34. The first kappa shape index (κ1) is 14.9. The number of para-hydroxylation sites is 2. The van der Waals surface area contributed by atoms with Gasteiger partial charge in [0.2, 0.25) is 5.91 Å². The number of hydrogen-bond acceptors (Lipinski definition) is 5. The van der Waals surface area contributed by atoms with Crippen LogP contribution < -0.4 is 11.1 Å². The Morgan fingerprint density at radius 3 is 2.86 bits per heavy atom. The Balaban J connectivity index is 1.59. The fraction of sp³-hybridized carbons (Fsp3) is 0.533. The molecule has 0 spiro atoms. The van der Waals surface area contributed by atoms with E-state index in [9.17, 15) is 14.9 Å². The van der Waals surface area contributed by atoms with Gasteiger partial charge in [-0.1, -0.05) is 12.1 Å². The first-order valence-corrected chi connectivity index (χ1v) is 7.56. The molecule has 3 rings (SSSR count). The number of nitrogens with one attached hydrogen (secondary N) is 1. The quantitative estimate of drug-likeness (QED) is 0.643. The third-order valence-corrected chi connectivity index (χ3v) is 4.73. The molecule has 0 radical (unpaired) electrons. The van der Waals surface area contributed by atoms with E-state index in [4.69, 9.17) is 5.73 Å². The van der Waals surface area contributed by atoms with Gasteiger partial charge in [-0.3, -0.25) is 19.8 Å². The van der Waals surface area contributed by atoms with Gasteiger partial charge in [-0.2, -0.15) is 0 Å². The Morgan fingerprint density at radius 1 is 1.36 bits per heavy atom. The molecule has 3 unspecified atom stereocenters. The van der Waals surface area contributed by atoms with Crippen LogP contribution in [0.4, 0.5) is 11.4 Å². The van der Waals surface area contributed by atoms with Crippen molar-refractivity contribution in [3.63, 3.8) is 0 Å². The number of anilines is 1. The van der Waals surface area contributed by atoms with E-state index >= 15 is 0 Å². The van der Waals surface area contributed by atoms with Gasteiger partial charge in [0, 0.05) is 25.2 Å². The highest BCUT2D eigenvalue weighted by Crippen LogP contribution is 2.36. The molecular formula is C15H20N4O3. The molecular weight excluding hydrogens is 284 g/mol. The number of carbonyl (C=O) groups excluding carboxylic acids is 1. The highest BCUT2D eigenvalue weighted by atomic mass is 16.6. The zero-order valence-corrected chi connectivity index (χ0v) is 12.3. The highest BCUT2D eigenvalue weighted by Gasteiger charge is 2.41. The number of carbonyl (C=O) groups is 1. The van der Waals surface area contributed by atoms with Crippen LogP contribution in [0.3, 0.4) is 0 Å². The molecule has 22 heavy (non-hydrogen) atoms. The Morgan fingerprint density at radius 2 is 2.14 bits per heavy atom. The zero-order valence-electron chi connectivity index (χ0n) is 12.3. The molecule has 0 bridgehead atoms. The molecule has 1 aliphatic carbocycles. The van der Waals surface area contributed by atoms with E-state index in [1.165, 1.54) is 6.07 Å². The third-order valence-electron chi connectivity index (χ3n) is 4.73. The number of likely N-dealkylation sites (tertiary alicyclic amines) is 1. The topological polar surface area (TPSA) is 102 Å². The Kier molecular flexibility index (Phi) is 4.08. The Labute approximate surface area is 128 Å². The number of nitro groups is 1. The third kappa shape index (κ3) is 2.95. The number of nitrogens with zero attached hydrogens (tertiary/aromatic N) is 2. The minimum Gasteiger partial charge on any atom is -0.327 e. The first-order valence-electron chi connectivity index (χ1n) is 7.56. The Bertz CT molecular complexity index is 592. The summed E-state index contributed by atoms with van der Waals surface area (Å²) < 4.78 is 0. The monoisotopic (exact) mass is 304 g/mol. The summed E-state index contributed by atoms with van der Waals surface area (Å²) in [5.74, 6) is 0.857. The summed E-state index contributed by atoms with van der Waals surface area (Å²) in [4.78, 5) is 24.7. The average molecular weight is 304 g/mol. The van der Waals surface area contributed by atoms with E-state index in [2.05, 4.69) is 10.2 Å². The lowest BCUT2D eigenvalue weighted by atomic mass is 9.98. The maximum absolute atomic E-state index is 12.1. The maximum Gasteiger partial charge on any atom is 0.292 e. The molecule has 3 N–H and O–H groups in total. The van der Waals surface area contributed by atoms with Crippen molar-refractivity contribution >= 4 is 17.3 Å². The van der Waals surface area contributed by atoms with Gasteiger partial charge in [-0.25, -0.2) is 0 Å². The van der Waals surface area contributed by atoms with Gasteiger partial charge in [0.1, 0.15) is 5.69 Å². The van der Waals surface area contributed by atoms with Crippen molar-refractivity contribution in [1.82, 2.24) is 4.90 Å². The van der Waals surface area contributed by atoms with Crippen molar-refractivity contribution in [1.29, 1.82) is 0 Å². The van der Waals surface area contributed by atoms with Crippen LogP contribution in [-0.4, -0.2) is 41.4 Å². The molecule has 2 aliphatic rings. The largest absolute Gasteiger partial charge is 0.327 e. The predicted molar refractivity (Wildman–Crippen MR) is 82.4 cm³/mol. The van der Waals surface area contributed by atoms with Crippen molar-refractivity contribution < 1.29 is 9.72 Å². The summed E-state index contributed by atoms with van der Waals surface area (Å²) in [6, 6.07) is 6.42. The molecule has 1 aromatic rings. The average Bonchev–Trinajstić information content (AvgIpc) is 3.01. The predicted octanol–water partition coefficient (Wildman–Crippen LogP) is 1.20. The van der Waals surface area contributed by atoms with E-state index in [1.807, 2.05) is 0 Å². The molecule has 118 valence electrons. The molecule has 1 aromatic carbocycles. The van der Waals surface area contributed by atoms with Crippen LogP contribution in [-0.2, 0) is 4.79 Å². The number of benzene rings is 1. The molecule has 1 amide bonds. The molecule has 7 heteroatoms. The van der Waals surface area contributed by atoms with Crippen LogP contribution in [0.1, 0.15) is 12.8 Å². The van der Waals surface area contributed by atoms with Crippen LogP contribution in [0.25, 0.3) is 0 Å². The Hall–Kier alpha value is -1.99. The smallest absolute Gasteiger partial charge is 0.292 e. The number of hydrogen-bond donors (Lipinski definition) is 2. The first-order chi connectivity index (χ1) is 10.5. The molecule has 1 aliphatic heterocycles. The van der Waals surface area contributed by atoms with E-state index in [0.29, 0.717) is 11.8 Å². The van der Waals surface area contributed by atoms with Crippen LogP contribution in [0.5, 0.6) is 0 Å². The molecule has 1 saturated heterocycles. The summed E-state index contributed by atoms with van der Waals surface area (Å²) in [6.07, 6.45) is 2.21. The number of nitrogens with two attached hydrogens (primary N) is 1. The molecule has 0 aromatic heterocycles. The minimum absolute atomic E-state index is 0.0869. The number of fused-ring (bicyclic) bond motifs is 1. The van der Waals surface area contributed by atoms with E-state index in [-0.39, 0.29) is 29.9 Å². The normalized spacial score (nSPS) is 27.6. The van der Waals surface area contributed by atoms with Crippen molar-refractivity contribution in [2.24, 2.45) is 17.6 Å². The molecule has 3 atom stereocenters. The SMILES string of the molecule is NC1CCC2CN(CC(=O)Nc3ccccc3[N+](=O)[O-])CC12. The van der Waals surface area contributed by atoms with Crippen LogP contribution in [0.2, 0.25) is 0 Å². The number of rotatable bonds is 4. The fourth-order valence-corrected chi connectivity index (χ4v) is 3.66.